The quantitative estimate of drug-likeness (QED) is 0.886. The average molecular weight is 260 g/mol. The Bertz CT molecular complexity index is 682. The van der Waals surface area contributed by atoms with Gasteiger partial charge in [-0.1, -0.05) is 0 Å². The van der Waals surface area contributed by atoms with Gasteiger partial charge < -0.3 is 19.5 Å². The van der Waals surface area contributed by atoms with E-state index in [1.807, 2.05) is 0 Å². The number of rotatable bonds is 2. The second-order valence-corrected chi connectivity index (χ2v) is 4.46. The zero-order chi connectivity index (χ0) is 13.6. The monoisotopic (exact) mass is 260 g/mol. The lowest BCUT2D eigenvalue weighted by atomic mass is 10.1. The summed E-state index contributed by atoms with van der Waals surface area (Å²) in [6.07, 6.45) is 0. The van der Waals surface area contributed by atoms with Crippen molar-refractivity contribution in [3.8, 4) is 11.5 Å². The molecule has 0 radical (unpaired) electrons. The van der Waals surface area contributed by atoms with Gasteiger partial charge >= 0.3 is 5.97 Å². The number of hydrogen-bond acceptors (Lipinski definition) is 5. The van der Waals surface area contributed by atoms with Gasteiger partial charge in [0.1, 0.15) is 11.4 Å². The molecule has 0 aliphatic carbocycles. The highest BCUT2D eigenvalue weighted by molar-refractivity contribution is 5.98. The van der Waals surface area contributed by atoms with E-state index in [0.29, 0.717) is 28.2 Å². The van der Waals surface area contributed by atoms with E-state index in [0.717, 1.165) is 0 Å². The first-order chi connectivity index (χ1) is 9.06. The smallest absolute Gasteiger partial charge is 0.339 e. The van der Waals surface area contributed by atoms with Crippen molar-refractivity contribution in [2.24, 2.45) is 0 Å². The molecule has 1 aromatic heterocycles. The number of benzene rings is 1. The molecule has 19 heavy (non-hydrogen) atoms. The van der Waals surface area contributed by atoms with E-state index in [1.165, 1.54) is 0 Å². The minimum Gasteiger partial charge on any atom is -0.478 e. The van der Waals surface area contributed by atoms with Gasteiger partial charge in [0.2, 0.25) is 6.79 Å². The summed E-state index contributed by atoms with van der Waals surface area (Å²) in [6.45, 7) is 0.179. The number of ether oxygens (including phenoxy) is 2. The molecule has 1 aliphatic heterocycles. The Morgan fingerprint density at radius 2 is 1.95 bits per heavy atom. The number of hydrogen-bond donors (Lipinski definition) is 1. The number of nitrogens with zero attached hydrogens (tertiary/aromatic N) is 2. The zero-order valence-electron chi connectivity index (χ0n) is 10.5. The van der Waals surface area contributed by atoms with Crippen LogP contribution >= 0.6 is 0 Å². The maximum Gasteiger partial charge on any atom is 0.339 e. The van der Waals surface area contributed by atoms with Crippen LogP contribution in [0.3, 0.4) is 0 Å². The van der Waals surface area contributed by atoms with Crippen LogP contribution in [0.25, 0.3) is 10.9 Å². The van der Waals surface area contributed by atoms with E-state index in [4.69, 9.17) is 9.47 Å². The Morgan fingerprint density at radius 3 is 2.58 bits per heavy atom. The summed E-state index contributed by atoms with van der Waals surface area (Å²) in [6, 6.07) is 5.11. The minimum atomic E-state index is -1.00. The molecule has 0 amide bonds. The maximum absolute atomic E-state index is 11.3. The number of carboxylic acids is 1. The van der Waals surface area contributed by atoms with Crippen LogP contribution < -0.4 is 14.4 Å². The standard InChI is InChI=1S/C13H12N2O4/c1-15(2)12-8(13(16)17)3-7-4-10-11(19-6-18-10)5-9(7)14-12/h3-5H,6H2,1-2H3,(H,16,17). The fraction of sp³-hybridized carbons (Fsp3) is 0.231. The van der Waals surface area contributed by atoms with E-state index in [2.05, 4.69) is 4.98 Å². The van der Waals surface area contributed by atoms with Gasteiger partial charge in [0, 0.05) is 25.5 Å². The third kappa shape index (κ3) is 1.81. The van der Waals surface area contributed by atoms with Gasteiger partial charge in [0.25, 0.3) is 0 Å². The molecule has 2 aromatic rings. The van der Waals surface area contributed by atoms with Crippen LogP contribution in [0.1, 0.15) is 10.4 Å². The first kappa shape index (κ1) is 11.6. The molecule has 0 bridgehead atoms. The first-order valence-corrected chi connectivity index (χ1v) is 5.71. The van der Waals surface area contributed by atoms with Crippen LogP contribution in [0.2, 0.25) is 0 Å². The van der Waals surface area contributed by atoms with Crippen LogP contribution in [0.15, 0.2) is 18.2 Å². The van der Waals surface area contributed by atoms with E-state index in [-0.39, 0.29) is 12.4 Å². The van der Waals surface area contributed by atoms with Gasteiger partial charge in [-0.3, -0.25) is 0 Å². The van der Waals surface area contributed by atoms with E-state index in [9.17, 15) is 9.90 Å². The number of carboxylic acid groups (broad SMARTS) is 1. The number of fused-ring (bicyclic) bond motifs is 2. The molecule has 6 nitrogen and oxygen atoms in total. The van der Waals surface area contributed by atoms with Gasteiger partial charge in [-0.25, -0.2) is 9.78 Å². The first-order valence-electron chi connectivity index (χ1n) is 5.71. The average Bonchev–Trinajstić information content (AvgIpc) is 2.81. The second kappa shape index (κ2) is 4.01. The van der Waals surface area contributed by atoms with Gasteiger partial charge in [0.05, 0.1) is 5.52 Å². The highest BCUT2D eigenvalue weighted by Crippen LogP contribution is 2.36. The second-order valence-electron chi connectivity index (χ2n) is 4.46. The molecule has 0 atom stereocenters. The largest absolute Gasteiger partial charge is 0.478 e. The van der Waals surface area contributed by atoms with Gasteiger partial charge in [0.15, 0.2) is 11.5 Å². The van der Waals surface area contributed by atoms with Crippen molar-refractivity contribution >= 4 is 22.7 Å². The van der Waals surface area contributed by atoms with Crippen LogP contribution in [-0.2, 0) is 0 Å². The summed E-state index contributed by atoms with van der Waals surface area (Å²) in [7, 11) is 3.52. The molecule has 0 unspecified atom stereocenters. The third-order valence-corrected chi connectivity index (χ3v) is 2.94. The van der Waals surface area contributed by atoms with Crippen LogP contribution in [-0.4, -0.2) is 36.9 Å². The summed E-state index contributed by atoms with van der Waals surface area (Å²) >= 11 is 0. The Hall–Kier alpha value is -2.50. The fourth-order valence-electron chi connectivity index (χ4n) is 2.05. The zero-order valence-corrected chi connectivity index (χ0v) is 10.5. The lowest BCUT2D eigenvalue weighted by molar-refractivity contribution is 0.0697. The molecule has 3 rings (SSSR count). The normalized spacial score (nSPS) is 12.7. The van der Waals surface area contributed by atoms with Crippen LogP contribution in [0.4, 0.5) is 5.82 Å². The van der Waals surface area contributed by atoms with E-state index >= 15 is 0 Å². The van der Waals surface area contributed by atoms with E-state index < -0.39 is 5.97 Å². The lowest BCUT2D eigenvalue weighted by Crippen LogP contribution is -2.15. The predicted octanol–water partition coefficient (Wildman–Crippen LogP) is 1.73. The Balaban J connectivity index is 2.28. The van der Waals surface area contributed by atoms with Gasteiger partial charge in [-0.2, -0.15) is 0 Å². The highest BCUT2D eigenvalue weighted by Gasteiger charge is 2.19. The molecule has 0 spiro atoms. The lowest BCUT2D eigenvalue weighted by Gasteiger charge is -2.15. The summed E-state index contributed by atoms with van der Waals surface area (Å²) in [4.78, 5) is 17.3. The van der Waals surface area contributed by atoms with Crippen molar-refractivity contribution in [1.82, 2.24) is 4.98 Å². The summed E-state index contributed by atoms with van der Waals surface area (Å²) in [5.74, 6) is 0.658. The number of anilines is 1. The molecule has 0 saturated carbocycles. The van der Waals surface area contributed by atoms with Crippen LogP contribution in [0, 0.1) is 0 Å². The molecular weight excluding hydrogens is 248 g/mol. The summed E-state index contributed by atoms with van der Waals surface area (Å²) < 4.78 is 10.6. The molecule has 1 aromatic carbocycles. The Kier molecular flexibility index (Phi) is 2.45. The fourth-order valence-corrected chi connectivity index (χ4v) is 2.05. The summed E-state index contributed by atoms with van der Waals surface area (Å²) in [5, 5.41) is 9.96. The van der Waals surface area contributed by atoms with Crippen LogP contribution in [0.5, 0.6) is 11.5 Å². The maximum atomic E-state index is 11.3. The molecule has 0 fully saturated rings. The van der Waals surface area contributed by atoms with Crippen molar-refractivity contribution in [1.29, 1.82) is 0 Å². The number of pyridine rings is 1. The Morgan fingerprint density at radius 1 is 1.26 bits per heavy atom. The van der Waals surface area contributed by atoms with Gasteiger partial charge in [-0.05, 0) is 12.1 Å². The molecule has 6 heteroatoms. The number of aromatic carboxylic acids is 1. The minimum absolute atomic E-state index is 0.163. The van der Waals surface area contributed by atoms with E-state index in [1.54, 1.807) is 37.2 Å². The highest BCUT2D eigenvalue weighted by atomic mass is 16.7. The Labute approximate surface area is 109 Å². The molecule has 1 aliphatic rings. The topological polar surface area (TPSA) is 71.9 Å². The molecule has 0 saturated heterocycles. The van der Waals surface area contributed by atoms with Crippen molar-refractivity contribution in [3.05, 3.63) is 23.8 Å². The SMILES string of the molecule is CN(C)c1nc2cc3c(cc2cc1C(=O)O)OCO3. The van der Waals surface area contributed by atoms with Crippen molar-refractivity contribution in [2.45, 2.75) is 0 Å². The number of aromatic nitrogens is 1. The molecule has 98 valence electrons. The van der Waals surface area contributed by atoms with Crippen molar-refractivity contribution in [3.63, 3.8) is 0 Å². The number of carbonyl (C=O) groups is 1. The third-order valence-electron chi connectivity index (χ3n) is 2.94. The summed E-state index contributed by atoms with van der Waals surface area (Å²) in [5.41, 5.74) is 0.842. The molecule has 2 heterocycles. The van der Waals surface area contributed by atoms with Gasteiger partial charge in [-0.15, -0.1) is 0 Å². The van der Waals surface area contributed by atoms with Crippen molar-refractivity contribution in [2.75, 3.05) is 25.8 Å². The van der Waals surface area contributed by atoms with Crippen molar-refractivity contribution < 1.29 is 19.4 Å². The molecular formula is C13H12N2O4. The molecule has 1 N–H and O–H groups in total. The predicted molar refractivity (Wildman–Crippen MR) is 69.2 cm³/mol.